The van der Waals surface area contributed by atoms with Gasteiger partial charge in [0.1, 0.15) is 5.82 Å². The van der Waals surface area contributed by atoms with Crippen LogP contribution in [0.15, 0.2) is 59.6 Å². The number of halogens is 4. The third kappa shape index (κ3) is 6.04. The quantitative estimate of drug-likeness (QED) is 0.226. The van der Waals surface area contributed by atoms with Crippen molar-refractivity contribution in [2.24, 2.45) is 4.99 Å². The molecule has 11 heteroatoms. The van der Waals surface area contributed by atoms with Gasteiger partial charge >= 0.3 is 0 Å². The minimum absolute atomic E-state index is 0.132. The molecule has 1 saturated heterocycles. The minimum Gasteiger partial charge on any atom is -0.444 e. The monoisotopic (exact) mass is 585 g/mol. The number of nitrogens with one attached hydrogen (secondary N) is 1. The highest BCUT2D eigenvalue weighted by molar-refractivity contribution is 6.30. The van der Waals surface area contributed by atoms with Crippen LogP contribution >= 0.6 is 11.6 Å². The van der Waals surface area contributed by atoms with Gasteiger partial charge in [0.2, 0.25) is 0 Å². The van der Waals surface area contributed by atoms with Gasteiger partial charge in [0.25, 0.3) is 12.2 Å². The van der Waals surface area contributed by atoms with Crippen molar-refractivity contribution in [3.8, 4) is 11.5 Å². The summed E-state index contributed by atoms with van der Waals surface area (Å²) in [5, 5.41) is 6.38. The molecule has 216 valence electrons. The zero-order valence-electron chi connectivity index (χ0n) is 23.1. The Hall–Kier alpha value is -3.63. The number of aromatic amines is 1. The Labute approximate surface area is 241 Å². The summed E-state index contributed by atoms with van der Waals surface area (Å²) >= 11 is 5.94. The van der Waals surface area contributed by atoms with Crippen molar-refractivity contribution in [2.75, 3.05) is 26.7 Å². The van der Waals surface area contributed by atoms with E-state index in [0.29, 0.717) is 28.6 Å². The zero-order chi connectivity index (χ0) is 29.3. The Morgan fingerprint density at radius 1 is 1.27 bits per heavy atom. The standard InChI is InChI=1S/C30H31ClF3N5O2/c1-17(14-18(2)28-36-29(27(33)34)38-37-28)24(35-4)16-39-12-10-19(11-13-39)21-6-5-7-25-26(21)41-30(3,40-25)22-9-8-20(31)15-23(22)32/h5-9,14-15,19,27H,2,10-13,16H2,1,3-4H3,(H,36,37,38)/b17-14-,35-24?. The van der Waals surface area contributed by atoms with Crippen molar-refractivity contribution in [3.63, 3.8) is 0 Å². The fourth-order valence-corrected chi connectivity index (χ4v) is 5.51. The van der Waals surface area contributed by atoms with Gasteiger partial charge in [-0.2, -0.15) is 5.10 Å². The highest BCUT2D eigenvalue weighted by atomic mass is 35.5. The van der Waals surface area contributed by atoms with Crippen LogP contribution in [0.4, 0.5) is 13.2 Å². The summed E-state index contributed by atoms with van der Waals surface area (Å²) in [7, 11) is 1.73. The molecule has 1 aromatic heterocycles. The first-order chi connectivity index (χ1) is 19.6. The summed E-state index contributed by atoms with van der Waals surface area (Å²) < 4.78 is 52.9. The molecule has 5 rings (SSSR count). The maximum atomic E-state index is 14.7. The van der Waals surface area contributed by atoms with Gasteiger partial charge in [-0.3, -0.25) is 15.0 Å². The molecular weight excluding hydrogens is 555 g/mol. The summed E-state index contributed by atoms with van der Waals surface area (Å²) in [6, 6.07) is 10.3. The number of aliphatic imine (C=N–C) groups is 1. The molecule has 2 aromatic carbocycles. The summed E-state index contributed by atoms with van der Waals surface area (Å²) in [5.41, 5.74) is 3.49. The number of alkyl halides is 2. The fraction of sp³-hybridized carbons (Fsp3) is 0.367. The number of hydrogen-bond acceptors (Lipinski definition) is 6. The molecule has 0 saturated carbocycles. The van der Waals surface area contributed by atoms with E-state index in [-0.39, 0.29) is 17.3 Å². The molecule has 1 N–H and O–H groups in total. The van der Waals surface area contributed by atoms with Gasteiger partial charge in [0.15, 0.2) is 23.1 Å². The topological polar surface area (TPSA) is 75.6 Å². The average Bonchev–Trinajstić information content (AvgIpc) is 3.57. The zero-order valence-corrected chi connectivity index (χ0v) is 23.8. The van der Waals surface area contributed by atoms with Crippen LogP contribution in [0.1, 0.15) is 61.8 Å². The molecule has 0 bridgehead atoms. The van der Waals surface area contributed by atoms with Crippen LogP contribution in [0.3, 0.4) is 0 Å². The molecule has 1 unspecified atom stereocenters. The number of nitrogens with zero attached hydrogens (tertiary/aromatic N) is 4. The predicted molar refractivity (Wildman–Crippen MR) is 152 cm³/mol. The number of piperidine rings is 1. The van der Waals surface area contributed by atoms with E-state index >= 15 is 0 Å². The van der Waals surface area contributed by atoms with Gasteiger partial charge in [0, 0.05) is 36.7 Å². The van der Waals surface area contributed by atoms with Gasteiger partial charge in [-0.1, -0.05) is 30.3 Å². The fourth-order valence-electron chi connectivity index (χ4n) is 5.35. The first-order valence-electron chi connectivity index (χ1n) is 13.3. The number of aromatic nitrogens is 3. The van der Waals surface area contributed by atoms with Crippen molar-refractivity contribution >= 4 is 22.9 Å². The van der Waals surface area contributed by atoms with Crippen LogP contribution < -0.4 is 9.47 Å². The average molecular weight is 586 g/mol. The van der Waals surface area contributed by atoms with E-state index in [9.17, 15) is 13.2 Å². The van der Waals surface area contributed by atoms with Gasteiger partial charge < -0.3 is 9.47 Å². The van der Waals surface area contributed by atoms with Crippen molar-refractivity contribution in [1.29, 1.82) is 0 Å². The highest BCUT2D eigenvalue weighted by Crippen LogP contribution is 2.49. The molecule has 2 aliphatic heterocycles. The Morgan fingerprint density at radius 2 is 2.02 bits per heavy atom. The molecule has 1 fully saturated rings. The Bertz CT molecular complexity index is 1510. The molecule has 0 amide bonds. The number of likely N-dealkylation sites (tertiary alicyclic amines) is 1. The number of allylic oxidation sites excluding steroid dienone is 2. The van der Waals surface area contributed by atoms with E-state index in [4.69, 9.17) is 21.1 Å². The van der Waals surface area contributed by atoms with Gasteiger partial charge in [-0.25, -0.2) is 18.2 Å². The minimum atomic E-state index is -2.73. The lowest BCUT2D eigenvalue weighted by molar-refractivity contribution is -0.0711. The van der Waals surface area contributed by atoms with Gasteiger partial charge in [-0.05, 0) is 74.7 Å². The lowest BCUT2D eigenvalue weighted by Crippen LogP contribution is -2.37. The lowest BCUT2D eigenvalue weighted by Gasteiger charge is -2.33. The molecule has 0 spiro atoms. The van der Waals surface area contributed by atoms with Crippen LogP contribution in [0, 0.1) is 5.82 Å². The molecule has 0 aliphatic carbocycles. The predicted octanol–water partition coefficient (Wildman–Crippen LogP) is 7.09. The number of rotatable bonds is 8. The van der Waals surface area contributed by atoms with Crippen LogP contribution in [0.2, 0.25) is 5.02 Å². The van der Waals surface area contributed by atoms with Crippen molar-refractivity contribution in [3.05, 3.63) is 88.2 Å². The Kier molecular flexibility index (Phi) is 8.24. The number of ether oxygens (including phenoxy) is 2. The number of benzene rings is 2. The van der Waals surface area contributed by atoms with E-state index in [1.54, 1.807) is 32.2 Å². The van der Waals surface area contributed by atoms with E-state index in [0.717, 1.165) is 42.8 Å². The maximum Gasteiger partial charge on any atom is 0.296 e. The van der Waals surface area contributed by atoms with E-state index in [1.807, 2.05) is 25.1 Å². The van der Waals surface area contributed by atoms with Crippen LogP contribution in [0.25, 0.3) is 5.57 Å². The number of hydrogen-bond donors (Lipinski definition) is 1. The smallest absolute Gasteiger partial charge is 0.296 e. The van der Waals surface area contributed by atoms with E-state index < -0.39 is 23.9 Å². The molecule has 7 nitrogen and oxygen atoms in total. The summed E-state index contributed by atoms with van der Waals surface area (Å²) in [4.78, 5) is 10.6. The third-order valence-corrected chi connectivity index (χ3v) is 7.78. The second kappa shape index (κ2) is 11.7. The van der Waals surface area contributed by atoms with Crippen LogP contribution in [-0.4, -0.2) is 52.5 Å². The molecule has 41 heavy (non-hydrogen) atoms. The van der Waals surface area contributed by atoms with Crippen molar-refractivity contribution in [1.82, 2.24) is 20.1 Å². The number of H-pyrrole nitrogens is 1. The normalized spacial score (nSPS) is 20.2. The lowest BCUT2D eigenvalue weighted by atomic mass is 9.88. The Balaban J connectivity index is 1.23. The largest absolute Gasteiger partial charge is 0.444 e. The van der Waals surface area contributed by atoms with Gasteiger partial charge in [0.05, 0.1) is 11.3 Å². The first kappa shape index (κ1) is 28.9. The second-order valence-corrected chi connectivity index (χ2v) is 10.8. The Morgan fingerprint density at radius 3 is 2.68 bits per heavy atom. The summed E-state index contributed by atoms with van der Waals surface area (Å²) in [6.45, 7) is 9.86. The molecular formula is C30H31ClF3N5O2. The van der Waals surface area contributed by atoms with E-state index in [1.165, 1.54) is 6.07 Å². The van der Waals surface area contributed by atoms with Crippen molar-refractivity contribution in [2.45, 2.75) is 44.8 Å². The van der Waals surface area contributed by atoms with Gasteiger partial charge in [-0.15, -0.1) is 0 Å². The third-order valence-electron chi connectivity index (χ3n) is 7.54. The van der Waals surface area contributed by atoms with Crippen LogP contribution in [0.5, 0.6) is 11.5 Å². The summed E-state index contributed by atoms with van der Waals surface area (Å²) in [6.07, 6.45) is 0.827. The molecule has 3 heterocycles. The number of para-hydroxylation sites is 1. The van der Waals surface area contributed by atoms with Crippen molar-refractivity contribution < 1.29 is 22.6 Å². The molecule has 3 aromatic rings. The molecule has 2 aliphatic rings. The second-order valence-electron chi connectivity index (χ2n) is 10.4. The molecule has 1 atom stereocenters. The first-order valence-corrected chi connectivity index (χ1v) is 13.7. The SMILES string of the molecule is C=C(/C=C(/C)C(CN1CCC(c2cccc3c2OC(C)(c2ccc(Cl)cc2F)O3)CC1)=NC)c1n[nH]c(C(F)F)n1. The van der Waals surface area contributed by atoms with E-state index in [2.05, 4.69) is 31.7 Å². The highest BCUT2D eigenvalue weighted by Gasteiger charge is 2.43. The number of fused-ring (bicyclic) bond motifs is 1. The van der Waals surface area contributed by atoms with Crippen LogP contribution in [-0.2, 0) is 5.79 Å². The maximum absolute atomic E-state index is 14.7. The summed E-state index contributed by atoms with van der Waals surface area (Å²) in [5.74, 6) is -0.638. The molecule has 0 radical (unpaired) electrons.